The van der Waals surface area contributed by atoms with Gasteiger partial charge in [-0.25, -0.2) is 14.2 Å². The summed E-state index contributed by atoms with van der Waals surface area (Å²) >= 11 is 6.90. The molecule has 0 aliphatic carbocycles. The molecule has 0 saturated heterocycles. The molecule has 0 amide bonds. The second kappa shape index (κ2) is 6.29. The van der Waals surface area contributed by atoms with Crippen LogP contribution in [0.15, 0.2) is 47.0 Å². The highest BCUT2D eigenvalue weighted by Crippen LogP contribution is 2.23. The number of benzene rings is 1. The van der Waals surface area contributed by atoms with Crippen molar-refractivity contribution >= 4 is 28.9 Å². The van der Waals surface area contributed by atoms with Crippen molar-refractivity contribution < 1.29 is 18.3 Å². The van der Waals surface area contributed by atoms with Gasteiger partial charge in [0.2, 0.25) is 5.89 Å². The van der Waals surface area contributed by atoms with E-state index >= 15 is 0 Å². The van der Waals surface area contributed by atoms with Crippen LogP contribution in [0.1, 0.15) is 15.6 Å². The van der Waals surface area contributed by atoms with Crippen molar-refractivity contribution in [3.8, 4) is 11.3 Å². The van der Waals surface area contributed by atoms with Crippen molar-refractivity contribution in [2.24, 2.45) is 0 Å². The van der Waals surface area contributed by atoms with Gasteiger partial charge in [0.25, 0.3) is 0 Å². The van der Waals surface area contributed by atoms with E-state index in [-0.39, 0.29) is 18.3 Å². The number of halogens is 2. The van der Waals surface area contributed by atoms with Crippen LogP contribution >= 0.6 is 22.9 Å². The zero-order valence-electron chi connectivity index (χ0n) is 11.1. The zero-order chi connectivity index (χ0) is 15.5. The van der Waals surface area contributed by atoms with Gasteiger partial charge in [-0.1, -0.05) is 11.6 Å². The summed E-state index contributed by atoms with van der Waals surface area (Å²) in [7, 11) is 0. The summed E-state index contributed by atoms with van der Waals surface area (Å²) in [5.74, 6) is -0.0778. The minimum Gasteiger partial charge on any atom is -0.451 e. The van der Waals surface area contributed by atoms with Gasteiger partial charge in [0.05, 0.1) is 10.5 Å². The summed E-state index contributed by atoms with van der Waals surface area (Å²) in [6.07, 6.45) is 1.50. The molecule has 0 N–H and O–H groups in total. The first-order valence-corrected chi connectivity index (χ1v) is 7.44. The minimum atomic E-state index is -0.488. The molecule has 0 radical (unpaired) electrons. The molecule has 0 unspecified atom stereocenters. The largest absolute Gasteiger partial charge is 0.451 e. The lowest BCUT2D eigenvalue weighted by Crippen LogP contribution is -2.03. The van der Waals surface area contributed by atoms with Gasteiger partial charge in [-0.3, -0.25) is 0 Å². The quantitative estimate of drug-likeness (QED) is 0.655. The molecule has 112 valence electrons. The molecule has 0 spiro atoms. The van der Waals surface area contributed by atoms with Crippen molar-refractivity contribution in [2.75, 3.05) is 0 Å². The molecule has 0 aliphatic rings. The lowest BCUT2D eigenvalue weighted by atomic mass is 10.2. The van der Waals surface area contributed by atoms with Gasteiger partial charge in [-0.15, -0.1) is 11.3 Å². The van der Waals surface area contributed by atoms with Crippen LogP contribution in [0.3, 0.4) is 0 Å². The highest BCUT2D eigenvalue weighted by atomic mass is 35.5. The zero-order valence-corrected chi connectivity index (χ0v) is 12.7. The van der Waals surface area contributed by atoms with Crippen molar-refractivity contribution in [3.05, 3.63) is 63.5 Å². The summed E-state index contributed by atoms with van der Waals surface area (Å²) in [5.41, 5.74) is 0.691. The molecule has 0 aliphatic heterocycles. The van der Waals surface area contributed by atoms with E-state index in [1.165, 1.54) is 18.3 Å². The van der Waals surface area contributed by atoms with E-state index in [2.05, 4.69) is 4.98 Å². The van der Waals surface area contributed by atoms with E-state index in [0.29, 0.717) is 20.5 Å². The Morgan fingerprint density at radius 3 is 2.73 bits per heavy atom. The number of hydrogen-bond acceptors (Lipinski definition) is 5. The summed E-state index contributed by atoms with van der Waals surface area (Å²) in [4.78, 5) is 16.2. The molecule has 3 aromatic rings. The highest BCUT2D eigenvalue weighted by molar-refractivity contribution is 7.17. The summed E-state index contributed by atoms with van der Waals surface area (Å²) in [6.45, 7) is -0.0878. The number of carbonyl (C=O) groups excluding carboxylic acids is 1. The van der Waals surface area contributed by atoms with Crippen LogP contribution in [0.5, 0.6) is 0 Å². The molecular weight excluding hydrogens is 329 g/mol. The Morgan fingerprint density at radius 2 is 2.05 bits per heavy atom. The highest BCUT2D eigenvalue weighted by Gasteiger charge is 2.13. The van der Waals surface area contributed by atoms with Gasteiger partial charge in [0.1, 0.15) is 10.7 Å². The first kappa shape index (κ1) is 14.7. The number of oxazole rings is 1. The van der Waals surface area contributed by atoms with Crippen LogP contribution in [0.4, 0.5) is 4.39 Å². The summed E-state index contributed by atoms with van der Waals surface area (Å²) in [6, 6.07) is 9.05. The Bertz CT molecular complexity index is 797. The standard InChI is InChI=1S/C15H9ClFNO3S/c16-13-6-5-12(22-13)15(19)20-8-14-18-7-11(21-14)9-1-3-10(17)4-2-9/h1-7H,8H2. The average Bonchev–Trinajstić information content (AvgIpc) is 3.15. The Kier molecular flexibility index (Phi) is 4.22. The molecule has 7 heteroatoms. The fraction of sp³-hybridized carbons (Fsp3) is 0.0667. The van der Waals surface area contributed by atoms with E-state index in [1.54, 1.807) is 24.3 Å². The third kappa shape index (κ3) is 3.35. The van der Waals surface area contributed by atoms with Crippen molar-refractivity contribution in [2.45, 2.75) is 6.61 Å². The maximum Gasteiger partial charge on any atom is 0.348 e. The van der Waals surface area contributed by atoms with Crippen LogP contribution in [0.2, 0.25) is 4.34 Å². The SMILES string of the molecule is O=C(OCc1ncc(-c2ccc(F)cc2)o1)c1ccc(Cl)s1. The third-order valence-electron chi connectivity index (χ3n) is 2.78. The van der Waals surface area contributed by atoms with Crippen molar-refractivity contribution in [1.82, 2.24) is 4.98 Å². The molecular formula is C15H9ClFNO3S. The molecule has 0 saturated carbocycles. The van der Waals surface area contributed by atoms with Crippen LogP contribution < -0.4 is 0 Å². The lowest BCUT2D eigenvalue weighted by Gasteiger charge is -1.99. The smallest absolute Gasteiger partial charge is 0.348 e. The maximum absolute atomic E-state index is 12.9. The number of carbonyl (C=O) groups is 1. The van der Waals surface area contributed by atoms with Gasteiger partial charge >= 0.3 is 5.97 Å². The Balaban J connectivity index is 1.64. The number of esters is 1. The lowest BCUT2D eigenvalue weighted by molar-refractivity contribution is 0.0445. The van der Waals surface area contributed by atoms with Crippen LogP contribution in [0, 0.1) is 5.82 Å². The van der Waals surface area contributed by atoms with Crippen LogP contribution in [0.25, 0.3) is 11.3 Å². The molecule has 0 atom stereocenters. The first-order chi connectivity index (χ1) is 10.6. The van der Waals surface area contributed by atoms with Gasteiger partial charge in [0.15, 0.2) is 12.4 Å². The van der Waals surface area contributed by atoms with E-state index in [0.717, 1.165) is 11.3 Å². The molecule has 2 aromatic heterocycles. The van der Waals surface area contributed by atoms with Crippen LogP contribution in [-0.4, -0.2) is 11.0 Å². The van der Waals surface area contributed by atoms with Crippen LogP contribution in [-0.2, 0) is 11.3 Å². The third-order valence-corrected chi connectivity index (χ3v) is 3.99. The number of hydrogen-bond donors (Lipinski definition) is 0. The maximum atomic E-state index is 12.9. The molecule has 0 fully saturated rings. The van der Waals surface area contributed by atoms with Gasteiger partial charge < -0.3 is 9.15 Å². The second-order valence-corrected chi connectivity index (χ2v) is 6.02. The summed E-state index contributed by atoms with van der Waals surface area (Å²) in [5, 5.41) is 0. The number of ether oxygens (including phenoxy) is 1. The number of aromatic nitrogens is 1. The van der Waals surface area contributed by atoms with E-state index in [9.17, 15) is 9.18 Å². The van der Waals surface area contributed by atoms with Gasteiger partial charge in [-0.2, -0.15) is 0 Å². The number of nitrogens with zero attached hydrogens (tertiary/aromatic N) is 1. The molecule has 0 bridgehead atoms. The molecule has 2 heterocycles. The fourth-order valence-electron chi connectivity index (χ4n) is 1.75. The second-order valence-electron chi connectivity index (χ2n) is 4.31. The molecule has 1 aromatic carbocycles. The Hall–Kier alpha value is -2.18. The monoisotopic (exact) mass is 337 g/mol. The minimum absolute atomic E-state index is 0.0878. The average molecular weight is 338 g/mol. The molecule has 3 rings (SSSR count). The molecule has 4 nitrogen and oxygen atoms in total. The van der Waals surface area contributed by atoms with E-state index in [1.807, 2.05) is 0 Å². The van der Waals surface area contributed by atoms with Gasteiger partial charge in [0, 0.05) is 5.56 Å². The van der Waals surface area contributed by atoms with E-state index < -0.39 is 5.97 Å². The Morgan fingerprint density at radius 1 is 1.27 bits per heavy atom. The first-order valence-electron chi connectivity index (χ1n) is 6.25. The Labute approximate surface area is 134 Å². The predicted molar refractivity (Wildman–Crippen MR) is 80.3 cm³/mol. The number of rotatable bonds is 4. The normalized spacial score (nSPS) is 10.6. The predicted octanol–water partition coefficient (Wildman–Crippen LogP) is 4.55. The van der Waals surface area contributed by atoms with Crippen molar-refractivity contribution in [3.63, 3.8) is 0 Å². The van der Waals surface area contributed by atoms with Gasteiger partial charge in [-0.05, 0) is 36.4 Å². The van der Waals surface area contributed by atoms with Crippen molar-refractivity contribution in [1.29, 1.82) is 0 Å². The fourth-order valence-corrected chi connectivity index (χ4v) is 2.68. The summed E-state index contributed by atoms with van der Waals surface area (Å²) < 4.78 is 23.9. The van der Waals surface area contributed by atoms with E-state index in [4.69, 9.17) is 20.8 Å². The topological polar surface area (TPSA) is 52.3 Å². The number of thiophene rings is 1. The molecule has 22 heavy (non-hydrogen) atoms.